The monoisotopic (exact) mass is 335 g/mol. The summed E-state index contributed by atoms with van der Waals surface area (Å²) in [5, 5.41) is 8.76. The van der Waals surface area contributed by atoms with E-state index >= 15 is 0 Å². The summed E-state index contributed by atoms with van der Waals surface area (Å²) in [4.78, 5) is 11.6. The van der Waals surface area contributed by atoms with Crippen LogP contribution in [0.4, 0.5) is 10.8 Å². The molecule has 4 rings (SSSR count). The van der Waals surface area contributed by atoms with Crippen LogP contribution in [0.1, 0.15) is 11.4 Å². The molecule has 0 amide bonds. The van der Waals surface area contributed by atoms with Crippen LogP contribution in [0.3, 0.4) is 0 Å². The van der Waals surface area contributed by atoms with Crippen LogP contribution in [-0.2, 0) is 0 Å². The molecule has 0 aliphatic rings. The Balaban J connectivity index is 1.96. The first-order valence-corrected chi connectivity index (χ1v) is 8.59. The van der Waals surface area contributed by atoms with E-state index in [1.807, 2.05) is 51.2 Å². The number of rotatable bonds is 3. The predicted octanol–water partition coefficient (Wildman–Crippen LogP) is 4.26. The van der Waals surface area contributed by atoms with Gasteiger partial charge in [0.1, 0.15) is 5.82 Å². The van der Waals surface area contributed by atoms with E-state index in [0.717, 1.165) is 33.1 Å². The van der Waals surface area contributed by atoms with Crippen LogP contribution in [0.2, 0.25) is 0 Å². The maximum Gasteiger partial charge on any atom is 0.253 e. The quantitative estimate of drug-likeness (QED) is 0.561. The van der Waals surface area contributed by atoms with E-state index in [9.17, 15) is 0 Å². The van der Waals surface area contributed by atoms with E-state index in [2.05, 4.69) is 27.5 Å². The van der Waals surface area contributed by atoms with E-state index in [1.165, 1.54) is 0 Å². The van der Waals surface area contributed by atoms with Gasteiger partial charge in [-0.3, -0.25) is 0 Å². The third kappa shape index (κ3) is 2.45. The van der Waals surface area contributed by atoms with E-state index in [-0.39, 0.29) is 0 Å². The average molecular weight is 335 g/mol. The van der Waals surface area contributed by atoms with Crippen LogP contribution in [0.5, 0.6) is 0 Å². The average Bonchev–Trinajstić information content (AvgIpc) is 3.23. The van der Waals surface area contributed by atoms with E-state index in [1.54, 1.807) is 16.0 Å². The van der Waals surface area contributed by atoms with Crippen LogP contribution in [-0.4, -0.2) is 26.8 Å². The van der Waals surface area contributed by atoms with Gasteiger partial charge >= 0.3 is 0 Å². The fourth-order valence-corrected chi connectivity index (χ4v) is 3.49. The molecular formula is C18H17N5S. The fourth-order valence-electron chi connectivity index (χ4n) is 2.79. The van der Waals surface area contributed by atoms with E-state index in [0.29, 0.717) is 5.95 Å². The second-order valence-corrected chi connectivity index (χ2v) is 6.64. The lowest BCUT2D eigenvalue weighted by Crippen LogP contribution is -2.14. The maximum atomic E-state index is 4.82. The lowest BCUT2D eigenvalue weighted by atomic mass is 10.2. The molecule has 0 fully saturated rings. The SMILES string of the molecule is Cc1cc(C)n(-c2nc(N(C)c3cccs3)c3ccccc3n2)n1. The van der Waals surface area contributed by atoms with Gasteiger partial charge in [-0.05, 0) is 49.6 Å². The van der Waals surface area contributed by atoms with Gasteiger partial charge in [-0.1, -0.05) is 12.1 Å². The Labute approximate surface area is 144 Å². The molecule has 0 unspecified atom stereocenters. The van der Waals surface area contributed by atoms with Crippen molar-refractivity contribution in [3.05, 3.63) is 59.2 Å². The number of hydrogen-bond donors (Lipinski definition) is 0. The number of benzene rings is 1. The molecule has 0 radical (unpaired) electrons. The Morgan fingerprint density at radius 3 is 2.58 bits per heavy atom. The summed E-state index contributed by atoms with van der Waals surface area (Å²) in [5.41, 5.74) is 2.89. The number of aryl methyl sites for hydroxylation is 2. The minimum Gasteiger partial charge on any atom is -0.320 e. The molecule has 0 aliphatic carbocycles. The van der Waals surface area contributed by atoms with Gasteiger partial charge in [-0.25, -0.2) is 9.67 Å². The fraction of sp³-hybridized carbons (Fsp3) is 0.167. The predicted molar refractivity (Wildman–Crippen MR) is 98.5 cm³/mol. The largest absolute Gasteiger partial charge is 0.320 e. The van der Waals surface area contributed by atoms with Crippen molar-refractivity contribution in [1.29, 1.82) is 0 Å². The van der Waals surface area contributed by atoms with Crippen molar-refractivity contribution in [2.24, 2.45) is 0 Å². The van der Waals surface area contributed by atoms with Crippen molar-refractivity contribution < 1.29 is 0 Å². The number of para-hydroxylation sites is 1. The first kappa shape index (κ1) is 14.8. The molecule has 0 aliphatic heterocycles. The van der Waals surface area contributed by atoms with Crippen LogP contribution in [0.15, 0.2) is 47.8 Å². The van der Waals surface area contributed by atoms with Crippen molar-refractivity contribution in [3.63, 3.8) is 0 Å². The highest BCUT2D eigenvalue weighted by atomic mass is 32.1. The molecule has 3 heterocycles. The van der Waals surface area contributed by atoms with Crippen molar-refractivity contribution >= 4 is 33.1 Å². The molecule has 0 saturated heterocycles. The van der Waals surface area contributed by atoms with E-state index < -0.39 is 0 Å². The Bertz CT molecular complexity index is 1000. The number of fused-ring (bicyclic) bond motifs is 1. The van der Waals surface area contributed by atoms with Crippen molar-refractivity contribution in [2.75, 3.05) is 11.9 Å². The number of anilines is 2. The van der Waals surface area contributed by atoms with E-state index in [4.69, 9.17) is 9.97 Å². The van der Waals surface area contributed by atoms with Gasteiger partial charge in [0.05, 0.1) is 16.2 Å². The molecule has 0 bridgehead atoms. The standard InChI is InChI=1S/C18H17N5S/c1-12-11-13(2)23(21-12)18-19-15-8-5-4-7-14(15)17(20-18)22(3)16-9-6-10-24-16/h4-11H,1-3H3. The third-order valence-corrected chi connectivity index (χ3v) is 4.87. The van der Waals surface area contributed by atoms with Gasteiger partial charge < -0.3 is 4.90 Å². The highest BCUT2D eigenvalue weighted by Crippen LogP contribution is 2.32. The molecule has 0 N–H and O–H groups in total. The van der Waals surface area contributed by atoms with Crippen LogP contribution in [0, 0.1) is 13.8 Å². The van der Waals surface area contributed by atoms with Crippen LogP contribution >= 0.6 is 11.3 Å². The molecule has 4 aromatic rings. The molecule has 1 aromatic carbocycles. The topological polar surface area (TPSA) is 46.8 Å². The second kappa shape index (κ2) is 5.72. The summed E-state index contributed by atoms with van der Waals surface area (Å²) >= 11 is 1.69. The molecule has 6 heteroatoms. The maximum absolute atomic E-state index is 4.82. The Hall–Kier alpha value is -2.73. The lowest BCUT2D eigenvalue weighted by molar-refractivity contribution is 0.779. The van der Waals surface area contributed by atoms with Crippen LogP contribution in [0.25, 0.3) is 16.9 Å². The van der Waals surface area contributed by atoms with Crippen molar-refractivity contribution in [3.8, 4) is 5.95 Å². The van der Waals surface area contributed by atoms with Crippen molar-refractivity contribution in [1.82, 2.24) is 19.7 Å². The number of hydrogen-bond acceptors (Lipinski definition) is 5. The smallest absolute Gasteiger partial charge is 0.253 e. The molecular weight excluding hydrogens is 318 g/mol. The number of aromatic nitrogens is 4. The summed E-state index contributed by atoms with van der Waals surface area (Å²) in [7, 11) is 2.03. The summed E-state index contributed by atoms with van der Waals surface area (Å²) in [5.74, 6) is 1.48. The number of nitrogens with zero attached hydrogens (tertiary/aromatic N) is 5. The first-order valence-electron chi connectivity index (χ1n) is 7.71. The van der Waals surface area contributed by atoms with Gasteiger partial charge in [0.2, 0.25) is 0 Å². The summed E-state index contributed by atoms with van der Waals surface area (Å²) < 4.78 is 1.80. The molecule has 0 atom stereocenters. The summed E-state index contributed by atoms with van der Waals surface area (Å²) in [6.45, 7) is 3.99. The molecule has 120 valence electrons. The molecule has 0 spiro atoms. The second-order valence-electron chi connectivity index (χ2n) is 5.71. The summed E-state index contributed by atoms with van der Waals surface area (Å²) in [6.07, 6.45) is 0. The minimum atomic E-state index is 0.595. The van der Waals surface area contributed by atoms with Gasteiger partial charge in [0.15, 0.2) is 0 Å². The zero-order valence-corrected chi connectivity index (χ0v) is 14.6. The van der Waals surface area contributed by atoms with Gasteiger partial charge in [0.25, 0.3) is 5.95 Å². The Morgan fingerprint density at radius 1 is 1.04 bits per heavy atom. The zero-order chi connectivity index (χ0) is 16.7. The van der Waals surface area contributed by atoms with Crippen LogP contribution < -0.4 is 4.90 Å². The highest BCUT2D eigenvalue weighted by molar-refractivity contribution is 7.14. The molecule has 5 nitrogen and oxygen atoms in total. The van der Waals surface area contributed by atoms with Gasteiger partial charge in [0, 0.05) is 18.1 Å². The molecule has 0 saturated carbocycles. The number of thiophene rings is 1. The van der Waals surface area contributed by atoms with Gasteiger partial charge in [-0.15, -0.1) is 11.3 Å². The van der Waals surface area contributed by atoms with Crippen molar-refractivity contribution in [2.45, 2.75) is 13.8 Å². The molecule has 3 aromatic heterocycles. The lowest BCUT2D eigenvalue weighted by Gasteiger charge is -2.19. The zero-order valence-electron chi connectivity index (χ0n) is 13.8. The Morgan fingerprint density at radius 2 is 1.88 bits per heavy atom. The third-order valence-electron chi connectivity index (χ3n) is 3.92. The normalized spacial score (nSPS) is 11.1. The highest BCUT2D eigenvalue weighted by Gasteiger charge is 2.16. The summed E-state index contributed by atoms with van der Waals surface area (Å²) in [6, 6.07) is 14.2. The molecule has 24 heavy (non-hydrogen) atoms. The van der Waals surface area contributed by atoms with Gasteiger partial charge in [-0.2, -0.15) is 10.1 Å². The first-order chi connectivity index (χ1) is 11.6. The Kier molecular flexibility index (Phi) is 3.54. The minimum absolute atomic E-state index is 0.595.